The average Bonchev–Trinajstić information content (AvgIpc) is 3.11. The van der Waals surface area contributed by atoms with Crippen molar-refractivity contribution >= 4 is 28.8 Å². The minimum absolute atomic E-state index is 0.0961. The molecule has 1 saturated heterocycles. The largest absolute Gasteiger partial charge is 0.480 e. The van der Waals surface area contributed by atoms with Crippen molar-refractivity contribution in [1.29, 1.82) is 0 Å². The number of fused-ring (bicyclic) bond motifs is 1. The molecular formula is C20H26N4O4. The molecule has 1 aliphatic heterocycles. The maximum atomic E-state index is 12.5. The van der Waals surface area contributed by atoms with E-state index in [2.05, 4.69) is 16.4 Å². The number of nitrogens with zero attached hydrogens (tertiary/aromatic N) is 2. The van der Waals surface area contributed by atoms with Crippen LogP contribution in [0.3, 0.4) is 0 Å². The van der Waals surface area contributed by atoms with Crippen molar-refractivity contribution in [3.8, 4) is 0 Å². The van der Waals surface area contributed by atoms with Gasteiger partial charge in [0, 0.05) is 49.7 Å². The first-order valence-corrected chi connectivity index (χ1v) is 9.56. The number of aromatic nitrogens is 1. The van der Waals surface area contributed by atoms with E-state index in [1.807, 2.05) is 24.4 Å². The minimum atomic E-state index is -1.07. The van der Waals surface area contributed by atoms with Gasteiger partial charge in [-0.3, -0.25) is 9.59 Å². The van der Waals surface area contributed by atoms with Gasteiger partial charge in [0.25, 0.3) is 0 Å². The van der Waals surface area contributed by atoms with Gasteiger partial charge in [-0.25, -0.2) is 4.79 Å². The number of H-pyrrole nitrogens is 1. The molecule has 0 aliphatic carbocycles. The summed E-state index contributed by atoms with van der Waals surface area (Å²) in [6, 6.07) is 6.79. The lowest BCUT2D eigenvalue weighted by molar-refractivity contribution is -0.138. The molecule has 2 heterocycles. The second-order valence-corrected chi connectivity index (χ2v) is 7.09. The summed E-state index contributed by atoms with van der Waals surface area (Å²) in [4.78, 5) is 41.9. The van der Waals surface area contributed by atoms with Gasteiger partial charge in [0.15, 0.2) is 0 Å². The average molecular weight is 386 g/mol. The van der Waals surface area contributed by atoms with E-state index in [0.29, 0.717) is 32.6 Å². The first-order valence-electron chi connectivity index (χ1n) is 9.56. The number of carboxylic acid groups (broad SMARTS) is 1. The SMILES string of the molecule is C[C@H](NC(=O)N1CCN(C(=O)CCCc2c[nH]c3ccccc23)CC1)C(=O)O. The smallest absolute Gasteiger partial charge is 0.325 e. The molecule has 8 nitrogen and oxygen atoms in total. The van der Waals surface area contributed by atoms with Crippen LogP contribution in [0.4, 0.5) is 4.79 Å². The number of carboxylic acids is 1. The first kappa shape index (κ1) is 19.7. The van der Waals surface area contributed by atoms with Crippen molar-refractivity contribution in [2.24, 2.45) is 0 Å². The maximum Gasteiger partial charge on any atom is 0.325 e. The van der Waals surface area contributed by atoms with Crippen LogP contribution in [-0.4, -0.2) is 70.0 Å². The number of hydrogen-bond donors (Lipinski definition) is 3. The first-order chi connectivity index (χ1) is 13.5. The van der Waals surface area contributed by atoms with Gasteiger partial charge in [-0.1, -0.05) is 18.2 Å². The zero-order valence-corrected chi connectivity index (χ0v) is 16.0. The number of para-hydroxylation sites is 1. The highest BCUT2D eigenvalue weighted by atomic mass is 16.4. The van der Waals surface area contributed by atoms with Gasteiger partial charge in [-0.15, -0.1) is 0 Å². The van der Waals surface area contributed by atoms with Gasteiger partial charge in [-0.05, 0) is 31.4 Å². The van der Waals surface area contributed by atoms with Crippen molar-refractivity contribution < 1.29 is 19.5 Å². The fraction of sp³-hybridized carbons (Fsp3) is 0.450. The van der Waals surface area contributed by atoms with Gasteiger partial charge < -0.3 is 25.2 Å². The molecule has 3 amide bonds. The molecule has 0 spiro atoms. The van der Waals surface area contributed by atoms with E-state index < -0.39 is 18.0 Å². The van der Waals surface area contributed by atoms with Crippen LogP contribution < -0.4 is 5.32 Å². The Morgan fingerprint density at radius 2 is 1.82 bits per heavy atom. The number of amides is 3. The molecule has 1 aliphatic rings. The zero-order valence-electron chi connectivity index (χ0n) is 16.0. The Labute approximate surface area is 163 Å². The van der Waals surface area contributed by atoms with E-state index in [9.17, 15) is 14.4 Å². The van der Waals surface area contributed by atoms with Crippen LogP contribution in [0.2, 0.25) is 0 Å². The number of nitrogens with one attached hydrogen (secondary N) is 2. The zero-order chi connectivity index (χ0) is 20.1. The van der Waals surface area contributed by atoms with Crippen molar-refractivity contribution in [3.05, 3.63) is 36.0 Å². The number of urea groups is 1. The molecule has 1 aromatic heterocycles. The number of aliphatic carboxylic acids is 1. The Morgan fingerprint density at radius 1 is 1.14 bits per heavy atom. The number of hydrogen-bond acceptors (Lipinski definition) is 3. The van der Waals surface area contributed by atoms with Crippen molar-refractivity contribution in [3.63, 3.8) is 0 Å². The molecule has 150 valence electrons. The monoisotopic (exact) mass is 386 g/mol. The van der Waals surface area contributed by atoms with Crippen molar-refractivity contribution in [2.45, 2.75) is 32.2 Å². The number of aromatic amines is 1. The predicted octanol–water partition coefficient (Wildman–Crippen LogP) is 1.82. The van der Waals surface area contributed by atoms with Gasteiger partial charge in [0.05, 0.1) is 0 Å². The number of carbonyl (C=O) groups excluding carboxylic acids is 2. The molecule has 1 atom stereocenters. The quantitative estimate of drug-likeness (QED) is 0.704. The summed E-state index contributed by atoms with van der Waals surface area (Å²) >= 11 is 0. The molecule has 0 bridgehead atoms. The number of piperazine rings is 1. The third kappa shape index (κ3) is 4.62. The van der Waals surface area contributed by atoms with E-state index in [1.165, 1.54) is 17.9 Å². The number of rotatable bonds is 6. The normalized spacial score (nSPS) is 15.5. The third-order valence-electron chi connectivity index (χ3n) is 5.14. The summed E-state index contributed by atoms with van der Waals surface area (Å²) in [5.41, 5.74) is 2.33. The summed E-state index contributed by atoms with van der Waals surface area (Å²) in [5.74, 6) is -0.976. The fourth-order valence-corrected chi connectivity index (χ4v) is 3.42. The lowest BCUT2D eigenvalue weighted by Gasteiger charge is -2.35. The van der Waals surface area contributed by atoms with E-state index in [1.54, 1.807) is 9.80 Å². The predicted molar refractivity (Wildman–Crippen MR) is 105 cm³/mol. The highest BCUT2D eigenvalue weighted by molar-refractivity contribution is 5.84. The molecule has 2 aromatic rings. The lowest BCUT2D eigenvalue weighted by Crippen LogP contribution is -2.55. The van der Waals surface area contributed by atoms with Crippen LogP contribution in [0, 0.1) is 0 Å². The second-order valence-electron chi connectivity index (χ2n) is 7.09. The van der Waals surface area contributed by atoms with Crippen LogP contribution in [0.5, 0.6) is 0 Å². The molecule has 1 aromatic carbocycles. The molecule has 0 radical (unpaired) electrons. The summed E-state index contributed by atoms with van der Waals surface area (Å²) in [5, 5.41) is 12.5. The van der Waals surface area contributed by atoms with Crippen molar-refractivity contribution in [1.82, 2.24) is 20.1 Å². The summed E-state index contributed by atoms with van der Waals surface area (Å²) in [7, 11) is 0. The van der Waals surface area contributed by atoms with Crippen LogP contribution in [0.15, 0.2) is 30.5 Å². The highest BCUT2D eigenvalue weighted by Gasteiger charge is 2.25. The lowest BCUT2D eigenvalue weighted by atomic mass is 10.1. The Bertz CT molecular complexity index is 855. The van der Waals surface area contributed by atoms with E-state index in [4.69, 9.17) is 5.11 Å². The summed E-state index contributed by atoms with van der Waals surface area (Å²) in [6.45, 7) is 3.19. The molecule has 0 saturated carbocycles. The second kappa shape index (κ2) is 8.77. The Hall–Kier alpha value is -3.03. The Balaban J connectivity index is 1.41. The van der Waals surface area contributed by atoms with Gasteiger partial charge in [0.2, 0.25) is 5.91 Å². The van der Waals surface area contributed by atoms with Crippen LogP contribution in [-0.2, 0) is 16.0 Å². The van der Waals surface area contributed by atoms with Crippen molar-refractivity contribution in [2.75, 3.05) is 26.2 Å². The summed E-state index contributed by atoms with van der Waals surface area (Å²) < 4.78 is 0. The van der Waals surface area contributed by atoms with Crippen LogP contribution in [0.25, 0.3) is 10.9 Å². The molecule has 3 rings (SSSR count). The Morgan fingerprint density at radius 3 is 2.54 bits per heavy atom. The molecular weight excluding hydrogens is 360 g/mol. The molecule has 1 fully saturated rings. The molecule has 3 N–H and O–H groups in total. The third-order valence-corrected chi connectivity index (χ3v) is 5.14. The maximum absolute atomic E-state index is 12.5. The minimum Gasteiger partial charge on any atom is -0.480 e. The highest BCUT2D eigenvalue weighted by Crippen LogP contribution is 2.19. The number of carbonyl (C=O) groups is 3. The van der Waals surface area contributed by atoms with Gasteiger partial charge in [-0.2, -0.15) is 0 Å². The van der Waals surface area contributed by atoms with E-state index in [0.717, 1.165) is 18.4 Å². The molecule has 8 heteroatoms. The fourth-order valence-electron chi connectivity index (χ4n) is 3.42. The van der Waals surface area contributed by atoms with Crippen LogP contribution >= 0.6 is 0 Å². The number of aryl methyl sites for hydroxylation is 1. The van der Waals surface area contributed by atoms with E-state index in [-0.39, 0.29) is 5.91 Å². The Kier molecular flexibility index (Phi) is 6.18. The van der Waals surface area contributed by atoms with Gasteiger partial charge in [0.1, 0.15) is 6.04 Å². The van der Waals surface area contributed by atoms with Crippen LogP contribution in [0.1, 0.15) is 25.3 Å². The molecule has 28 heavy (non-hydrogen) atoms. The number of benzene rings is 1. The standard InChI is InChI=1S/C20H26N4O4/c1-14(19(26)27)22-20(28)24-11-9-23(10-12-24)18(25)8-4-5-15-13-21-17-7-3-2-6-16(15)17/h2-3,6-7,13-14,21H,4-5,8-12H2,1H3,(H,22,28)(H,26,27)/t14-/m0/s1. The summed E-state index contributed by atoms with van der Waals surface area (Å²) in [6.07, 6.45) is 4.09. The topological polar surface area (TPSA) is 106 Å². The molecule has 0 unspecified atom stereocenters. The van der Waals surface area contributed by atoms with E-state index >= 15 is 0 Å². The van der Waals surface area contributed by atoms with Gasteiger partial charge >= 0.3 is 12.0 Å².